The Morgan fingerprint density at radius 2 is 1.72 bits per heavy atom. The highest BCUT2D eigenvalue weighted by atomic mass is 16.2. The number of rotatable bonds is 2. The third kappa shape index (κ3) is 4.27. The van der Waals surface area contributed by atoms with Crippen LogP contribution in [0.2, 0.25) is 0 Å². The van der Waals surface area contributed by atoms with Gasteiger partial charge in [0, 0.05) is 52.1 Å². The van der Waals surface area contributed by atoms with Crippen molar-refractivity contribution >= 4 is 17.6 Å². The Hall–Kier alpha value is -2.18. The van der Waals surface area contributed by atoms with E-state index in [0.29, 0.717) is 13.1 Å². The van der Waals surface area contributed by atoms with E-state index in [0.717, 1.165) is 57.0 Å². The lowest BCUT2D eigenvalue weighted by atomic mass is 9.95. The zero-order valence-corrected chi connectivity index (χ0v) is 15.1. The Morgan fingerprint density at radius 3 is 2.36 bits per heavy atom. The van der Waals surface area contributed by atoms with Crippen molar-refractivity contribution in [3.05, 3.63) is 17.8 Å². The Labute approximate surface area is 149 Å². The highest BCUT2D eigenvalue weighted by molar-refractivity contribution is 5.80. The largest absolute Gasteiger partial charge is 0.353 e. The molecule has 1 aromatic heterocycles. The monoisotopic (exact) mass is 345 g/mol. The zero-order chi connectivity index (χ0) is 17.8. The van der Waals surface area contributed by atoms with E-state index in [1.807, 2.05) is 28.9 Å². The van der Waals surface area contributed by atoms with E-state index in [4.69, 9.17) is 0 Å². The molecule has 3 heterocycles. The second-order valence-corrected chi connectivity index (χ2v) is 6.98. The summed E-state index contributed by atoms with van der Waals surface area (Å²) in [6, 6.07) is 3.97. The number of aromatic nitrogens is 2. The molecule has 0 radical (unpaired) electrons. The molecule has 0 N–H and O–H groups in total. The van der Waals surface area contributed by atoms with Crippen molar-refractivity contribution in [3.63, 3.8) is 0 Å². The van der Waals surface area contributed by atoms with Crippen molar-refractivity contribution in [2.24, 2.45) is 5.92 Å². The summed E-state index contributed by atoms with van der Waals surface area (Å²) in [4.78, 5) is 30.3. The van der Waals surface area contributed by atoms with Gasteiger partial charge in [-0.2, -0.15) is 5.10 Å². The van der Waals surface area contributed by atoms with Gasteiger partial charge in [-0.05, 0) is 38.3 Å². The average Bonchev–Trinajstić information content (AvgIpc) is 2.88. The van der Waals surface area contributed by atoms with Gasteiger partial charge in [-0.25, -0.2) is 0 Å². The lowest BCUT2D eigenvalue weighted by Gasteiger charge is -2.33. The molecule has 3 rings (SSSR count). The molecule has 1 aromatic rings. The fraction of sp³-hybridized carbons (Fsp3) is 0.667. The van der Waals surface area contributed by atoms with E-state index in [-0.39, 0.29) is 17.7 Å². The smallest absolute Gasteiger partial charge is 0.225 e. The van der Waals surface area contributed by atoms with Gasteiger partial charge in [0.1, 0.15) is 0 Å². The van der Waals surface area contributed by atoms with Gasteiger partial charge >= 0.3 is 0 Å². The lowest BCUT2D eigenvalue weighted by molar-refractivity contribution is -0.139. The van der Waals surface area contributed by atoms with Crippen molar-refractivity contribution in [2.75, 3.05) is 44.2 Å². The van der Waals surface area contributed by atoms with Crippen LogP contribution < -0.4 is 4.90 Å². The Balaban J connectivity index is 1.55. The summed E-state index contributed by atoms with van der Waals surface area (Å²) in [5.74, 6) is 1.30. The van der Waals surface area contributed by atoms with Crippen LogP contribution in [0.3, 0.4) is 0 Å². The molecule has 7 heteroatoms. The molecule has 0 unspecified atom stereocenters. The van der Waals surface area contributed by atoms with Gasteiger partial charge in [-0.15, -0.1) is 5.10 Å². The average molecular weight is 345 g/mol. The summed E-state index contributed by atoms with van der Waals surface area (Å²) in [6.07, 6.45) is 2.50. The number of nitrogens with zero attached hydrogens (tertiary/aromatic N) is 5. The molecule has 0 atom stereocenters. The minimum atomic E-state index is 0.0568. The first kappa shape index (κ1) is 17.6. The Bertz CT molecular complexity index is 610. The number of carbonyl (C=O) groups is 2. The van der Waals surface area contributed by atoms with E-state index in [2.05, 4.69) is 15.1 Å². The van der Waals surface area contributed by atoms with Gasteiger partial charge in [0.25, 0.3) is 0 Å². The molecule has 2 saturated heterocycles. The molecular weight excluding hydrogens is 318 g/mol. The minimum absolute atomic E-state index is 0.0568. The van der Waals surface area contributed by atoms with Crippen LogP contribution in [0.15, 0.2) is 12.1 Å². The number of piperidine rings is 1. The van der Waals surface area contributed by atoms with Crippen molar-refractivity contribution in [2.45, 2.75) is 33.1 Å². The van der Waals surface area contributed by atoms with Gasteiger partial charge in [-0.1, -0.05) is 0 Å². The Morgan fingerprint density at radius 1 is 0.960 bits per heavy atom. The number of hydrogen-bond donors (Lipinski definition) is 0. The van der Waals surface area contributed by atoms with Gasteiger partial charge in [0.15, 0.2) is 5.82 Å². The van der Waals surface area contributed by atoms with Gasteiger partial charge in [0.2, 0.25) is 11.8 Å². The van der Waals surface area contributed by atoms with Crippen LogP contribution in [-0.2, 0) is 9.59 Å². The summed E-state index contributed by atoms with van der Waals surface area (Å²) in [5, 5.41) is 8.39. The van der Waals surface area contributed by atoms with Gasteiger partial charge in [0.05, 0.1) is 5.69 Å². The van der Waals surface area contributed by atoms with Crippen LogP contribution in [0.4, 0.5) is 5.82 Å². The predicted molar refractivity (Wildman–Crippen MR) is 95.2 cm³/mol. The topological polar surface area (TPSA) is 69.6 Å². The molecule has 7 nitrogen and oxygen atoms in total. The second-order valence-electron chi connectivity index (χ2n) is 6.98. The number of anilines is 1. The SMILES string of the molecule is CC(=O)N1CCC(C(=O)N2CCCN(c3ccc(C)nn3)CC2)CC1. The lowest BCUT2D eigenvalue weighted by Crippen LogP contribution is -2.44. The maximum atomic E-state index is 12.8. The second kappa shape index (κ2) is 7.80. The molecule has 0 aliphatic carbocycles. The summed E-state index contributed by atoms with van der Waals surface area (Å²) >= 11 is 0. The molecule has 2 aliphatic rings. The Kier molecular flexibility index (Phi) is 5.50. The highest BCUT2D eigenvalue weighted by Crippen LogP contribution is 2.21. The molecule has 0 saturated carbocycles. The molecule has 0 spiro atoms. The predicted octanol–water partition coefficient (Wildman–Crippen LogP) is 1.08. The fourth-order valence-electron chi connectivity index (χ4n) is 3.63. The summed E-state index contributed by atoms with van der Waals surface area (Å²) in [6.45, 7) is 8.12. The fourth-order valence-corrected chi connectivity index (χ4v) is 3.63. The van der Waals surface area contributed by atoms with Crippen LogP contribution >= 0.6 is 0 Å². The zero-order valence-electron chi connectivity index (χ0n) is 15.1. The first-order chi connectivity index (χ1) is 12.0. The molecule has 2 fully saturated rings. The minimum Gasteiger partial charge on any atom is -0.353 e. The number of hydrogen-bond acceptors (Lipinski definition) is 5. The van der Waals surface area contributed by atoms with Crippen LogP contribution in [0.25, 0.3) is 0 Å². The number of likely N-dealkylation sites (tertiary alicyclic amines) is 1. The van der Waals surface area contributed by atoms with Crippen molar-refractivity contribution in [1.29, 1.82) is 0 Å². The van der Waals surface area contributed by atoms with E-state index < -0.39 is 0 Å². The molecular formula is C18H27N5O2. The van der Waals surface area contributed by atoms with Crippen molar-refractivity contribution in [1.82, 2.24) is 20.0 Å². The van der Waals surface area contributed by atoms with Crippen molar-refractivity contribution < 1.29 is 9.59 Å². The number of amides is 2. The van der Waals surface area contributed by atoms with Crippen LogP contribution in [-0.4, -0.2) is 71.1 Å². The number of carbonyl (C=O) groups excluding carboxylic acids is 2. The van der Waals surface area contributed by atoms with Crippen LogP contribution in [0, 0.1) is 12.8 Å². The first-order valence-electron chi connectivity index (χ1n) is 9.14. The molecule has 0 bridgehead atoms. The molecule has 2 aliphatic heterocycles. The van der Waals surface area contributed by atoms with E-state index >= 15 is 0 Å². The maximum Gasteiger partial charge on any atom is 0.225 e. The summed E-state index contributed by atoms with van der Waals surface area (Å²) < 4.78 is 0. The van der Waals surface area contributed by atoms with Crippen LogP contribution in [0.1, 0.15) is 31.9 Å². The molecule has 25 heavy (non-hydrogen) atoms. The first-order valence-corrected chi connectivity index (χ1v) is 9.14. The molecule has 2 amide bonds. The quantitative estimate of drug-likeness (QED) is 0.802. The summed E-state index contributed by atoms with van der Waals surface area (Å²) in [5.41, 5.74) is 0.910. The van der Waals surface area contributed by atoms with Crippen molar-refractivity contribution in [3.8, 4) is 0 Å². The van der Waals surface area contributed by atoms with Gasteiger partial charge < -0.3 is 14.7 Å². The normalized spacial score (nSPS) is 19.7. The third-order valence-corrected chi connectivity index (χ3v) is 5.20. The van der Waals surface area contributed by atoms with Crippen LogP contribution in [0.5, 0.6) is 0 Å². The molecule has 136 valence electrons. The van der Waals surface area contributed by atoms with E-state index in [9.17, 15) is 9.59 Å². The third-order valence-electron chi connectivity index (χ3n) is 5.20. The van der Waals surface area contributed by atoms with E-state index in [1.165, 1.54) is 0 Å². The summed E-state index contributed by atoms with van der Waals surface area (Å²) in [7, 11) is 0. The van der Waals surface area contributed by atoms with E-state index in [1.54, 1.807) is 6.92 Å². The maximum absolute atomic E-state index is 12.8. The highest BCUT2D eigenvalue weighted by Gasteiger charge is 2.30. The number of aryl methyl sites for hydroxylation is 1. The molecule has 0 aromatic carbocycles. The van der Waals surface area contributed by atoms with Gasteiger partial charge in [-0.3, -0.25) is 9.59 Å². The standard InChI is InChI=1S/C18H27N5O2/c1-14-4-5-17(20-19-14)22-8-3-9-23(13-12-22)18(25)16-6-10-21(11-7-16)15(2)24/h4-5,16H,3,6-13H2,1-2H3.